The first-order valence-corrected chi connectivity index (χ1v) is 6.33. The number of fused-ring (bicyclic) bond motifs is 3. The van der Waals surface area contributed by atoms with E-state index in [4.69, 9.17) is 5.84 Å². The van der Waals surface area contributed by atoms with Crippen LogP contribution in [-0.4, -0.2) is 9.97 Å². The van der Waals surface area contributed by atoms with Crippen LogP contribution in [0.3, 0.4) is 0 Å². The molecule has 0 saturated carbocycles. The molecule has 5 heteroatoms. The minimum Gasteiger partial charge on any atom is -0.308 e. The maximum atomic E-state index is 5.51. The van der Waals surface area contributed by atoms with Gasteiger partial charge in [-0.25, -0.2) is 15.8 Å². The molecule has 3 rings (SSSR count). The van der Waals surface area contributed by atoms with Crippen LogP contribution in [0.25, 0.3) is 10.2 Å². The van der Waals surface area contributed by atoms with Crippen molar-refractivity contribution in [1.82, 2.24) is 9.97 Å². The van der Waals surface area contributed by atoms with Gasteiger partial charge in [0.25, 0.3) is 0 Å². The molecule has 4 nitrogen and oxygen atoms in total. The first-order valence-electron chi connectivity index (χ1n) is 5.51. The standard InChI is InChI=1S/C11H14N4S/c1-6-2-3-8-7(4-6)9-10(15-12)13-5-14-11(9)16-8/h5-6H,2-4,12H2,1H3,(H,13,14,15)/t6-/m0/s1. The van der Waals surface area contributed by atoms with E-state index in [1.54, 1.807) is 17.7 Å². The third-order valence-electron chi connectivity index (χ3n) is 3.22. The Morgan fingerprint density at radius 2 is 2.38 bits per heavy atom. The Hall–Kier alpha value is -1.20. The van der Waals surface area contributed by atoms with Gasteiger partial charge in [0.2, 0.25) is 0 Å². The zero-order valence-electron chi connectivity index (χ0n) is 9.16. The molecule has 2 heterocycles. The van der Waals surface area contributed by atoms with Gasteiger partial charge in [0.15, 0.2) is 5.82 Å². The Balaban J connectivity index is 2.27. The lowest BCUT2D eigenvalue weighted by atomic mass is 9.89. The van der Waals surface area contributed by atoms with Gasteiger partial charge >= 0.3 is 0 Å². The third-order valence-corrected chi connectivity index (χ3v) is 4.42. The van der Waals surface area contributed by atoms with E-state index in [1.807, 2.05) is 0 Å². The number of nitrogens with zero attached hydrogens (tertiary/aromatic N) is 2. The molecule has 0 spiro atoms. The van der Waals surface area contributed by atoms with Crippen LogP contribution >= 0.6 is 11.3 Å². The summed E-state index contributed by atoms with van der Waals surface area (Å²) in [5, 5.41) is 1.14. The molecule has 84 valence electrons. The van der Waals surface area contributed by atoms with Crippen molar-refractivity contribution in [3.63, 3.8) is 0 Å². The summed E-state index contributed by atoms with van der Waals surface area (Å²) in [5.74, 6) is 7.01. The van der Waals surface area contributed by atoms with Crippen molar-refractivity contribution in [3.8, 4) is 0 Å². The number of nitrogens with one attached hydrogen (secondary N) is 1. The molecule has 1 atom stereocenters. The maximum absolute atomic E-state index is 5.51. The maximum Gasteiger partial charge on any atom is 0.152 e. The average molecular weight is 234 g/mol. The molecule has 0 amide bonds. The Labute approximate surface area is 97.9 Å². The van der Waals surface area contributed by atoms with Crippen molar-refractivity contribution in [2.24, 2.45) is 11.8 Å². The highest BCUT2D eigenvalue weighted by Crippen LogP contribution is 2.39. The van der Waals surface area contributed by atoms with Crippen molar-refractivity contribution in [2.75, 3.05) is 5.43 Å². The van der Waals surface area contributed by atoms with Gasteiger partial charge in [0.05, 0.1) is 5.39 Å². The van der Waals surface area contributed by atoms with Gasteiger partial charge in [-0.2, -0.15) is 0 Å². The van der Waals surface area contributed by atoms with Gasteiger partial charge in [0, 0.05) is 4.88 Å². The van der Waals surface area contributed by atoms with Crippen LogP contribution in [0.1, 0.15) is 23.8 Å². The first-order chi connectivity index (χ1) is 7.79. The molecule has 0 saturated heterocycles. The molecule has 0 radical (unpaired) electrons. The largest absolute Gasteiger partial charge is 0.308 e. The summed E-state index contributed by atoms with van der Waals surface area (Å²) in [6.45, 7) is 2.30. The van der Waals surface area contributed by atoms with Crippen LogP contribution in [0.2, 0.25) is 0 Å². The van der Waals surface area contributed by atoms with Gasteiger partial charge in [-0.1, -0.05) is 6.92 Å². The van der Waals surface area contributed by atoms with Crippen molar-refractivity contribution < 1.29 is 0 Å². The van der Waals surface area contributed by atoms with Crippen LogP contribution < -0.4 is 11.3 Å². The van der Waals surface area contributed by atoms with Crippen LogP contribution in [0.4, 0.5) is 5.82 Å². The van der Waals surface area contributed by atoms with Gasteiger partial charge < -0.3 is 5.43 Å². The SMILES string of the molecule is C[C@H]1CCc2sc3ncnc(NN)c3c2C1. The van der Waals surface area contributed by atoms with Gasteiger partial charge in [-0.15, -0.1) is 11.3 Å². The number of rotatable bonds is 1. The summed E-state index contributed by atoms with van der Waals surface area (Å²) in [6.07, 6.45) is 5.14. The lowest BCUT2D eigenvalue weighted by molar-refractivity contribution is 0.508. The van der Waals surface area contributed by atoms with Crippen molar-refractivity contribution >= 4 is 27.4 Å². The number of anilines is 1. The zero-order chi connectivity index (χ0) is 11.1. The van der Waals surface area contributed by atoms with Crippen LogP contribution in [0.5, 0.6) is 0 Å². The lowest BCUT2D eigenvalue weighted by Crippen LogP contribution is -2.12. The molecule has 16 heavy (non-hydrogen) atoms. The molecule has 1 aliphatic rings. The Kier molecular flexibility index (Phi) is 2.29. The molecular formula is C11H14N4S. The fourth-order valence-corrected chi connectivity index (χ4v) is 3.58. The number of hydrogen-bond acceptors (Lipinski definition) is 5. The third kappa shape index (κ3) is 1.39. The molecule has 1 aliphatic carbocycles. The number of hydrogen-bond donors (Lipinski definition) is 2. The molecule has 0 fully saturated rings. The highest BCUT2D eigenvalue weighted by Gasteiger charge is 2.22. The number of thiophene rings is 1. The molecule has 0 aromatic carbocycles. The van der Waals surface area contributed by atoms with E-state index in [0.717, 1.165) is 28.4 Å². The number of hydrazine groups is 1. The molecule has 0 aliphatic heterocycles. The molecule has 2 aromatic rings. The second-order valence-corrected chi connectivity index (χ2v) is 5.48. The quantitative estimate of drug-likeness (QED) is 0.586. The second kappa shape index (κ2) is 3.68. The van der Waals surface area contributed by atoms with Crippen LogP contribution in [0.15, 0.2) is 6.33 Å². The number of nitrogen functional groups attached to an aromatic ring is 1. The minimum atomic E-state index is 0.746. The van der Waals surface area contributed by atoms with Crippen LogP contribution in [0, 0.1) is 5.92 Å². The summed E-state index contributed by atoms with van der Waals surface area (Å²) in [4.78, 5) is 11.0. The van der Waals surface area contributed by atoms with E-state index in [2.05, 4.69) is 22.3 Å². The van der Waals surface area contributed by atoms with Gasteiger partial charge in [0.1, 0.15) is 11.2 Å². The predicted molar refractivity (Wildman–Crippen MR) is 66.4 cm³/mol. The topological polar surface area (TPSA) is 63.8 Å². The summed E-state index contributed by atoms with van der Waals surface area (Å²) in [6, 6.07) is 0. The van der Waals surface area contributed by atoms with E-state index < -0.39 is 0 Å². The zero-order valence-corrected chi connectivity index (χ0v) is 9.97. The van der Waals surface area contributed by atoms with E-state index in [0.29, 0.717) is 0 Å². The Morgan fingerprint density at radius 1 is 1.50 bits per heavy atom. The fourth-order valence-electron chi connectivity index (χ4n) is 2.39. The van der Waals surface area contributed by atoms with Crippen LogP contribution in [-0.2, 0) is 12.8 Å². The first kappa shape index (κ1) is 9.99. The van der Waals surface area contributed by atoms with E-state index in [-0.39, 0.29) is 0 Å². The van der Waals surface area contributed by atoms with Crippen molar-refractivity contribution in [3.05, 3.63) is 16.8 Å². The number of aromatic nitrogens is 2. The number of nitrogens with two attached hydrogens (primary N) is 1. The van der Waals surface area contributed by atoms with E-state index in [9.17, 15) is 0 Å². The molecule has 2 aromatic heterocycles. The molecule has 0 unspecified atom stereocenters. The lowest BCUT2D eigenvalue weighted by Gasteiger charge is -2.18. The van der Waals surface area contributed by atoms with Gasteiger partial charge in [-0.3, -0.25) is 0 Å². The Morgan fingerprint density at radius 3 is 3.19 bits per heavy atom. The molecule has 3 N–H and O–H groups in total. The van der Waals surface area contributed by atoms with E-state index in [1.165, 1.54) is 23.3 Å². The average Bonchev–Trinajstić information content (AvgIpc) is 2.66. The summed E-state index contributed by atoms with van der Waals surface area (Å²) in [5.41, 5.74) is 4.09. The highest BCUT2D eigenvalue weighted by atomic mass is 32.1. The van der Waals surface area contributed by atoms with E-state index >= 15 is 0 Å². The van der Waals surface area contributed by atoms with Gasteiger partial charge in [-0.05, 0) is 30.7 Å². The highest BCUT2D eigenvalue weighted by molar-refractivity contribution is 7.19. The second-order valence-electron chi connectivity index (χ2n) is 4.40. The monoisotopic (exact) mass is 234 g/mol. The Bertz CT molecular complexity index is 534. The fraction of sp³-hybridized carbons (Fsp3) is 0.455. The number of aryl methyl sites for hydroxylation is 1. The summed E-state index contributed by atoms with van der Waals surface area (Å²) >= 11 is 1.78. The minimum absolute atomic E-state index is 0.746. The smallest absolute Gasteiger partial charge is 0.152 e. The summed E-state index contributed by atoms with van der Waals surface area (Å²) < 4.78 is 0. The normalized spacial score (nSPS) is 19.8. The molecule has 0 bridgehead atoms. The molecular weight excluding hydrogens is 220 g/mol. The predicted octanol–water partition coefficient (Wildman–Crippen LogP) is 2.10. The van der Waals surface area contributed by atoms with Crippen molar-refractivity contribution in [2.45, 2.75) is 26.2 Å². The summed E-state index contributed by atoms with van der Waals surface area (Å²) in [7, 11) is 0. The van der Waals surface area contributed by atoms with Crippen molar-refractivity contribution in [1.29, 1.82) is 0 Å².